The van der Waals surface area contributed by atoms with E-state index < -0.39 is 0 Å². The Morgan fingerprint density at radius 2 is 0.630 bits per heavy atom. The largest absolute Gasteiger partial charge is 0.507 e. The summed E-state index contributed by atoms with van der Waals surface area (Å²) in [5.41, 5.74) is 13.4. The van der Waals surface area contributed by atoms with Gasteiger partial charge in [0.25, 0.3) is 0 Å². The zero-order chi connectivity index (χ0) is 40.0. The third kappa shape index (κ3) is 8.05. The lowest BCUT2D eigenvalue weighted by Gasteiger charge is -2.30. The lowest BCUT2D eigenvalue weighted by atomic mass is 9.77. The Morgan fingerprint density at radius 3 is 0.833 bits per heavy atom. The molecule has 4 aromatic carbocycles. The number of ether oxygens (including phenoxy) is 3. The molecule has 0 amide bonds. The first-order valence-electron chi connectivity index (χ1n) is 20.2. The number of hydrogen-bond acceptors (Lipinski definition) is 4. The number of phenolic OH excluding ortho intramolecular Hbond substituents is 1. The second-order valence-corrected chi connectivity index (χ2v) is 18.8. The molecule has 0 atom stereocenters. The monoisotopic (exact) mass is 733 g/mol. The summed E-state index contributed by atoms with van der Waals surface area (Å²) in [6, 6.07) is 18.5. The van der Waals surface area contributed by atoms with Crippen molar-refractivity contribution in [1.29, 1.82) is 0 Å². The van der Waals surface area contributed by atoms with Gasteiger partial charge in [-0.3, -0.25) is 0 Å². The van der Waals surface area contributed by atoms with Crippen LogP contribution >= 0.6 is 0 Å². The van der Waals surface area contributed by atoms with Crippen molar-refractivity contribution in [2.24, 2.45) is 0 Å². The van der Waals surface area contributed by atoms with Crippen molar-refractivity contribution < 1.29 is 19.3 Å². The molecule has 4 heteroatoms. The van der Waals surface area contributed by atoms with E-state index in [1.54, 1.807) is 14.2 Å². The number of methoxy groups -OCH3 is 3. The first-order valence-corrected chi connectivity index (χ1v) is 20.2. The molecule has 0 spiro atoms. The fraction of sp³-hybridized carbons (Fsp3) is 0.520. The molecule has 4 nitrogen and oxygen atoms in total. The van der Waals surface area contributed by atoms with Gasteiger partial charge in [0, 0.05) is 25.7 Å². The molecule has 1 aliphatic rings. The van der Waals surface area contributed by atoms with Crippen molar-refractivity contribution in [3.63, 3.8) is 0 Å². The van der Waals surface area contributed by atoms with Crippen molar-refractivity contribution in [3.05, 3.63) is 115 Å². The SMILES string of the molecule is CCC(C)(C)c1cc2c(OC)c(c1)Cc1cc(C(C)(C)CC)cc(c1OC)Cc1cc(C(C)(C)CC)cc(c1OC)Cc1cc(C(C)(C)C)cc(c1O)C2. The molecule has 0 saturated heterocycles. The summed E-state index contributed by atoms with van der Waals surface area (Å²) in [6.45, 7) is 27.5. The van der Waals surface area contributed by atoms with Gasteiger partial charge in [-0.2, -0.15) is 0 Å². The number of phenols is 1. The minimum atomic E-state index is -0.121. The Hall–Kier alpha value is -3.92. The van der Waals surface area contributed by atoms with Gasteiger partial charge in [-0.25, -0.2) is 0 Å². The molecule has 4 aromatic rings. The molecule has 1 aliphatic carbocycles. The lowest BCUT2D eigenvalue weighted by molar-refractivity contribution is 0.396. The van der Waals surface area contributed by atoms with Crippen LogP contribution in [0.15, 0.2) is 48.5 Å². The van der Waals surface area contributed by atoms with Crippen molar-refractivity contribution in [2.75, 3.05) is 21.3 Å². The van der Waals surface area contributed by atoms with Gasteiger partial charge < -0.3 is 19.3 Å². The quantitative estimate of drug-likeness (QED) is 0.164. The van der Waals surface area contributed by atoms with Gasteiger partial charge in [0.15, 0.2) is 0 Å². The third-order valence-corrected chi connectivity index (χ3v) is 13.0. The van der Waals surface area contributed by atoms with Gasteiger partial charge in [-0.15, -0.1) is 0 Å². The van der Waals surface area contributed by atoms with Crippen LogP contribution in [0.5, 0.6) is 23.0 Å². The second-order valence-electron chi connectivity index (χ2n) is 18.8. The van der Waals surface area contributed by atoms with Gasteiger partial charge in [-0.1, -0.05) is 132 Å². The van der Waals surface area contributed by atoms with Gasteiger partial charge >= 0.3 is 0 Å². The summed E-state index contributed by atoms with van der Waals surface area (Å²) in [6.07, 6.45) is 5.40. The van der Waals surface area contributed by atoms with E-state index in [1.807, 2.05) is 7.11 Å². The standard InChI is InChI=1S/C50H68O4/c1-16-48(7,8)40-25-33-19-31-23-39(47(4,5)6)24-32(43(31)51)20-34-26-41(49(9,10)17-2)28-36(45(34)53-14)22-38-30-42(50(11,12)18-3)29-37(46(38)54-15)21-35(27-40)44(33)52-13/h23-30,51H,16-22H2,1-15H3. The molecular weight excluding hydrogens is 665 g/mol. The zero-order valence-corrected chi connectivity index (χ0v) is 36.2. The van der Waals surface area contributed by atoms with Crippen LogP contribution in [0.1, 0.15) is 169 Å². The molecule has 0 radical (unpaired) electrons. The summed E-state index contributed by atoms with van der Waals surface area (Å²) >= 11 is 0. The maximum Gasteiger partial charge on any atom is 0.125 e. The molecule has 0 aliphatic heterocycles. The molecule has 0 unspecified atom stereocenters. The Kier molecular flexibility index (Phi) is 11.7. The predicted octanol–water partition coefficient (Wildman–Crippen LogP) is 12.5. The Balaban J connectivity index is 1.96. The normalized spacial score (nSPS) is 13.8. The molecule has 0 aromatic heterocycles. The summed E-state index contributed by atoms with van der Waals surface area (Å²) in [5, 5.41) is 12.3. The topological polar surface area (TPSA) is 47.9 Å². The van der Waals surface area contributed by atoms with Crippen LogP contribution in [0.25, 0.3) is 0 Å². The second kappa shape index (κ2) is 15.3. The minimum Gasteiger partial charge on any atom is -0.507 e. The number of hydrogen-bond donors (Lipinski definition) is 1. The number of rotatable bonds is 9. The van der Waals surface area contributed by atoms with E-state index in [4.69, 9.17) is 14.2 Å². The van der Waals surface area contributed by atoms with E-state index in [9.17, 15) is 5.11 Å². The number of aromatic hydroxyl groups is 1. The van der Waals surface area contributed by atoms with Crippen LogP contribution in [0, 0.1) is 0 Å². The fourth-order valence-electron chi connectivity index (χ4n) is 7.91. The molecular formula is C50H68O4. The van der Waals surface area contributed by atoms with Crippen molar-refractivity contribution in [1.82, 2.24) is 0 Å². The van der Waals surface area contributed by atoms with Gasteiger partial charge in [0.05, 0.1) is 21.3 Å². The van der Waals surface area contributed by atoms with E-state index in [0.29, 0.717) is 31.4 Å². The fourth-order valence-corrected chi connectivity index (χ4v) is 7.91. The van der Waals surface area contributed by atoms with Crippen molar-refractivity contribution in [3.8, 4) is 23.0 Å². The van der Waals surface area contributed by atoms with Gasteiger partial charge in [-0.05, 0) is 108 Å². The molecule has 0 saturated carbocycles. The first-order chi connectivity index (χ1) is 25.2. The summed E-state index contributed by atoms with van der Waals surface area (Å²) in [4.78, 5) is 0. The molecule has 292 valence electrons. The van der Waals surface area contributed by atoms with Crippen LogP contribution in [-0.4, -0.2) is 26.4 Å². The Labute approximate surface area is 327 Å². The highest BCUT2D eigenvalue weighted by atomic mass is 16.5. The summed E-state index contributed by atoms with van der Waals surface area (Å²) in [5.74, 6) is 3.02. The highest BCUT2D eigenvalue weighted by Gasteiger charge is 2.29. The van der Waals surface area contributed by atoms with Gasteiger partial charge in [0.2, 0.25) is 0 Å². The van der Waals surface area contributed by atoms with E-state index in [2.05, 4.69) is 132 Å². The molecule has 0 heterocycles. The molecule has 54 heavy (non-hydrogen) atoms. The first kappa shape index (κ1) is 41.2. The van der Waals surface area contributed by atoms with Gasteiger partial charge in [0.1, 0.15) is 23.0 Å². The van der Waals surface area contributed by atoms with Crippen molar-refractivity contribution >= 4 is 0 Å². The minimum absolute atomic E-state index is 0.0375. The van der Waals surface area contributed by atoms with E-state index in [0.717, 1.165) is 81.0 Å². The van der Waals surface area contributed by atoms with Crippen LogP contribution in [0.4, 0.5) is 0 Å². The van der Waals surface area contributed by atoms with Crippen molar-refractivity contribution in [2.45, 2.75) is 150 Å². The maximum absolute atomic E-state index is 12.3. The number of fused-ring (bicyclic) bond motifs is 8. The smallest absolute Gasteiger partial charge is 0.125 e. The predicted molar refractivity (Wildman–Crippen MR) is 227 cm³/mol. The summed E-state index contributed by atoms with van der Waals surface area (Å²) < 4.78 is 19.2. The maximum atomic E-state index is 12.3. The molecule has 0 fully saturated rings. The Morgan fingerprint density at radius 1 is 0.407 bits per heavy atom. The van der Waals surface area contributed by atoms with E-state index in [-0.39, 0.29) is 21.7 Å². The van der Waals surface area contributed by atoms with E-state index >= 15 is 0 Å². The number of benzene rings is 4. The average molecular weight is 733 g/mol. The average Bonchev–Trinajstić information content (AvgIpc) is 3.12. The zero-order valence-electron chi connectivity index (χ0n) is 36.2. The Bertz CT molecular complexity index is 1880. The highest BCUT2D eigenvalue weighted by Crippen LogP contribution is 2.44. The molecule has 5 rings (SSSR count). The van der Waals surface area contributed by atoms with Crippen LogP contribution in [0.3, 0.4) is 0 Å². The summed E-state index contributed by atoms with van der Waals surface area (Å²) in [7, 11) is 5.39. The van der Waals surface area contributed by atoms with Crippen LogP contribution in [-0.2, 0) is 47.3 Å². The van der Waals surface area contributed by atoms with Crippen LogP contribution in [0.2, 0.25) is 0 Å². The van der Waals surface area contributed by atoms with Crippen LogP contribution < -0.4 is 14.2 Å². The highest BCUT2D eigenvalue weighted by molar-refractivity contribution is 5.59. The lowest BCUT2D eigenvalue weighted by Crippen LogP contribution is -2.19. The molecule has 1 N–H and O–H groups in total. The van der Waals surface area contributed by atoms with E-state index in [1.165, 1.54) is 22.3 Å². The molecule has 8 bridgehead atoms. The third-order valence-electron chi connectivity index (χ3n) is 13.0.